The molecule has 5 aromatic rings. The molecule has 0 aliphatic rings. The third kappa shape index (κ3) is 9.95. The lowest BCUT2D eigenvalue weighted by Crippen LogP contribution is -2.34. The van der Waals surface area contributed by atoms with Crippen LogP contribution in [-0.4, -0.2) is 37.1 Å². The minimum absolute atomic E-state index is 0.0512. The van der Waals surface area contributed by atoms with E-state index in [4.69, 9.17) is 24.7 Å². The number of urea groups is 1. The minimum Gasteiger partial charge on any atom is -0.497 e. The summed E-state index contributed by atoms with van der Waals surface area (Å²) in [5, 5.41) is 5.71. The van der Waals surface area contributed by atoms with Gasteiger partial charge >= 0.3 is 12.0 Å². The number of pyridine rings is 1. The molecule has 52 heavy (non-hydrogen) atoms. The number of nitrogens with zero attached hydrogens (tertiary/aromatic N) is 1. The van der Waals surface area contributed by atoms with E-state index in [-0.39, 0.29) is 45.2 Å². The fourth-order valence-electron chi connectivity index (χ4n) is 5.67. The predicted octanol–water partition coefficient (Wildman–Crippen LogP) is 5.92. The van der Waals surface area contributed by atoms with Gasteiger partial charge in [0.15, 0.2) is 0 Å². The van der Waals surface area contributed by atoms with Gasteiger partial charge in [0, 0.05) is 13.0 Å². The summed E-state index contributed by atoms with van der Waals surface area (Å²) in [6, 6.07) is 38.6. The molecule has 11 nitrogen and oxygen atoms in total. The molecule has 0 aliphatic heterocycles. The number of rotatable bonds is 17. The van der Waals surface area contributed by atoms with E-state index in [1.807, 2.05) is 91.0 Å². The number of esters is 1. The number of hydrogen-bond acceptors (Lipinski definition) is 8. The Labute approximate surface area is 303 Å². The van der Waals surface area contributed by atoms with E-state index in [0.717, 1.165) is 39.3 Å². The van der Waals surface area contributed by atoms with E-state index in [0.29, 0.717) is 11.4 Å². The molecule has 0 spiro atoms. The van der Waals surface area contributed by atoms with Gasteiger partial charge in [0.1, 0.15) is 23.7 Å². The van der Waals surface area contributed by atoms with E-state index in [1.54, 1.807) is 32.4 Å². The number of nitrogens with two attached hydrogens (primary N) is 1. The summed E-state index contributed by atoms with van der Waals surface area (Å²) >= 11 is 0. The molecule has 11 heteroatoms. The van der Waals surface area contributed by atoms with Crippen LogP contribution >= 0.6 is 0 Å². The molecule has 0 saturated carbocycles. The minimum atomic E-state index is -0.966. The Hall–Kier alpha value is -6.20. The molecule has 3 amide bonds. The van der Waals surface area contributed by atoms with Gasteiger partial charge in [-0.3, -0.25) is 14.6 Å². The van der Waals surface area contributed by atoms with E-state index in [2.05, 4.69) is 27.8 Å². The Morgan fingerprint density at radius 3 is 1.85 bits per heavy atom. The fraction of sp³-hybridized carbons (Fsp3) is 0.220. The van der Waals surface area contributed by atoms with Crippen LogP contribution in [0.5, 0.6) is 11.5 Å². The second-order valence-electron chi connectivity index (χ2n) is 11.9. The van der Waals surface area contributed by atoms with Gasteiger partial charge in [0.25, 0.3) is 0 Å². The highest BCUT2D eigenvalue weighted by atomic mass is 16.5. The molecule has 0 bridgehead atoms. The van der Waals surface area contributed by atoms with Crippen molar-refractivity contribution in [3.63, 3.8) is 0 Å². The molecule has 0 unspecified atom stereocenters. The SMILES string of the molecule is COc1ccc(C(OCc2cccc(CNC(=O)NCc3cccc(COC(=O)CCC(N)=O)n3)c2)(c2ccccc2)c2ccc(OC)cc2)cc1. The Morgan fingerprint density at radius 2 is 1.21 bits per heavy atom. The summed E-state index contributed by atoms with van der Waals surface area (Å²) in [6.45, 7) is 0.677. The van der Waals surface area contributed by atoms with Crippen molar-refractivity contribution in [3.05, 3.63) is 161 Å². The summed E-state index contributed by atoms with van der Waals surface area (Å²) < 4.78 is 23.1. The van der Waals surface area contributed by atoms with Crippen LogP contribution in [-0.2, 0) is 51.0 Å². The maximum atomic E-state index is 12.7. The standard InChI is InChI=1S/C41H42N4O7/c1-49-36-18-14-32(15-19-36)41(31-10-4-3-5-11-31,33-16-20-37(50-2)21-17-33)52-27-30-9-6-8-29(24-30)25-43-40(48)44-26-34-12-7-13-35(45-34)28-51-39(47)23-22-38(42)46/h3-21,24H,22-23,25-28H2,1-2H3,(H2,42,46)(H2,43,44,48). The molecule has 0 radical (unpaired) electrons. The van der Waals surface area contributed by atoms with Gasteiger partial charge in [-0.25, -0.2) is 4.79 Å². The number of hydrogen-bond donors (Lipinski definition) is 3. The number of primary amides is 1. The summed E-state index contributed by atoms with van der Waals surface area (Å²) in [5.41, 5.74) is 9.86. The number of benzene rings is 4. The Balaban J connectivity index is 1.25. The van der Waals surface area contributed by atoms with Crippen LogP contribution in [0.25, 0.3) is 0 Å². The number of aromatic nitrogens is 1. The first-order chi connectivity index (χ1) is 25.3. The molecule has 1 aromatic heterocycles. The molecule has 4 N–H and O–H groups in total. The van der Waals surface area contributed by atoms with Gasteiger partial charge in [0.05, 0.1) is 45.2 Å². The van der Waals surface area contributed by atoms with Gasteiger partial charge < -0.3 is 35.3 Å². The second kappa shape index (κ2) is 18.2. The number of carbonyl (C=O) groups excluding carboxylic acids is 3. The summed E-state index contributed by atoms with van der Waals surface area (Å²) in [7, 11) is 3.28. The average Bonchev–Trinajstić information content (AvgIpc) is 3.19. The predicted molar refractivity (Wildman–Crippen MR) is 195 cm³/mol. The van der Waals surface area contributed by atoms with Crippen LogP contribution in [0.2, 0.25) is 0 Å². The second-order valence-corrected chi connectivity index (χ2v) is 11.9. The molecule has 1 heterocycles. The number of methoxy groups -OCH3 is 2. The number of amides is 3. The zero-order valence-corrected chi connectivity index (χ0v) is 29.2. The van der Waals surface area contributed by atoms with Crippen molar-refractivity contribution in [1.82, 2.24) is 15.6 Å². The zero-order chi connectivity index (χ0) is 36.8. The van der Waals surface area contributed by atoms with Crippen molar-refractivity contribution in [2.24, 2.45) is 5.73 Å². The van der Waals surface area contributed by atoms with Crippen molar-refractivity contribution >= 4 is 17.9 Å². The lowest BCUT2D eigenvalue weighted by molar-refractivity contribution is -0.146. The molecule has 0 aliphatic carbocycles. The first-order valence-corrected chi connectivity index (χ1v) is 16.8. The largest absolute Gasteiger partial charge is 0.497 e. The lowest BCUT2D eigenvalue weighted by atomic mass is 9.80. The maximum Gasteiger partial charge on any atom is 0.315 e. The summed E-state index contributed by atoms with van der Waals surface area (Å²) in [5.74, 6) is 0.377. The van der Waals surface area contributed by atoms with Crippen LogP contribution in [0.1, 0.15) is 52.0 Å². The lowest BCUT2D eigenvalue weighted by Gasteiger charge is -2.36. The van der Waals surface area contributed by atoms with Crippen molar-refractivity contribution in [2.45, 2.75) is 44.7 Å². The highest BCUT2D eigenvalue weighted by Gasteiger charge is 2.38. The van der Waals surface area contributed by atoms with Gasteiger partial charge in [-0.1, -0.05) is 84.9 Å². The highest BCUT2D eigenvalue weighted by molar-refractivity contribution is 5.79. The normalized spacial score (nSPS) is 11.0. The molecular formula is C41H42N4O7. The maximum absolute atomic E-state index is 12.7. The first-order valence-electron chi connectivity index (χ1n) is 16.8. The summed E-state index contributed by atoms with van der Waals surface area (Å²) in [4.78, 5) is 39.8. The van der Waals surface area contributed by atoms with Crippen molar-refractivity contribution in [1.29, 1.82) is 0 Å². The third-order valence-corrected chi connectivity index (χ3v) is 8.32. The molecule has 0 saturated heterocycles. The van der Waals surface area contributed by atoms with Crippen molar-refractivity contribution in [3.8, 4) is 11.5 Å². The van der Waals surface area contributed by atoms with E-state index >= 15 is 0 Å². The van der Waals surface area contributed by atoms with Gasteiger partial charge in [-0.2, -0.15) is 0 Å². The van der Waals surface area contributed by atoms with Gasteiger partial charge in [0.2, 0.25) is 5.91 Å². The quantitative estimate of drug-likeness (QED) is 0.0799. The number of carbonyl (C=O) groups is 3. The van der Waals surface area contributed by atoms with Crippen LogP contribution < -0.4 is 25.8 Å². The monoisotopic (exact) mass is 702 g/mol. The van der Waals surface area contributed by atoms with Gasteiger partial charge in [-0.05, 0) is 64.2 Å². The topological polar surface area (TPSA) is 151 Å². The van der Waals surface area contributed by atoms with E-state index in [1.165, 1.54) is 0 Å². The molecule has 0 atom stereocenters. The average molecular weight is 703 g/mol. The van der Waals surface area contributed by atoms with Crippen LogP contribution in [0, 0.1) is 0 Å². The van der Waals surface area contributed by atoms with Gasteiger partial charge in [-0.15, -0.1) is 0 Å². The number of nitrogens with one attached hydrogen (secondary N) is 2. The fourth-order valence-corrected chi connectivity index (χ4v) is 5.67. The Morgan fingerprint density at radius 1 is 0.635 bits per heavy atom. The molecule has 5 rings (SSSR count). The third-order valence-electron chi connectivity index (χ3n) is 8.32. The molecule has 4 aromatic carbocycles. The number of ether oxygens (including phenoxy) is 4. The molecule has 0 fully saturated rings. The zero-order valence-electron chi connectivity index (χ0n) is 29.2. The molecule has 268 valence electrons. The summed E-state index contributed by atoms with van der Waals surface area (Å²) in [6.07, 6.45) is -0.165. The van der Waals surface area contributed by atoms with Crippen LogP contribution in [0.4, 0.5) is 4.79 Å². The van der Waals surface area contributed by atoms with Crippen LogP contribution in [0.15, 0.2) is 121 Å². The smallest absolute Gasteiger partial charge is 0.315 e. The molecular weight excluding hydrogens is 660 g/mol. The van der Waals surface area contributed by atoms with Crippen LogP contribution in [0.3, 0.4) is 0 Å². The highest BCUT2D eigenvalue weighted by Crippen LogP contribution is 2.42. The van der Waals surface area contributed by atoms with Crippen molar-refractivity contribution < 1.29 is 33.3 Å². The van der Waals surface area contributed by atoms with E-state index in [9.17, 15) is 14.4 Å². The first kappa shape index (κ1) is 37.1. The van der Waals surface area contributed by atoms with E-state index < -0.39 is 17.5 Å². The Bertz CT molecular complexity index is 1890. The van der Waals surface area contributed by atoms with Crippen molar-refractivity contribution in [2.75, 3.05) is 14.2 Å². The Kier molecular flexibility index (Phi) is 12.9.